The van der Waals surface area contributed by atoms with Crippen molar-refractivity contribution in [1.82, 2.24) is 20.0 Å². The lowest BCUT2D eigenvalue weighted by atomic mass is 10.0. The second kappa shape index (κ2) is 5.95. The zero-order valence-corrected chi connectivity index (χ0v) is 12.3. The average molecular weight is 276 g/mol. The van der Waals surface area contributed by atoms with E-state index in [-0.39, 0.29) is 0 Å². The van der Waals surface area contributed by atoms with Gasteiger partial charge in [0.15, 0.2) is 0 Å². The molecule has 2 fully saturated rings. The summed E-state index contributed by atoms with van der Waals surface area (Å²) in [6.07, 6.45) is 5.01. The second-order valence-corrected chi connectivity index (χ2v) is 5.94. The van der Waals surface area contributed by atoms with Crippen LogP contribution in [0.5, 0.6) is 0 Å². The number of carbonyl (C=O) groups excluding carboxylic acids is 1. The van der Waals surface area contributed by atoms with Crippen molar-refractivity contribution in [3.05, 3.63) is 17.5 Å². The van der Waals surface area contributed by atoms with Crippen LogP contribution >= 0.6 is 0 Å². The summed E-state index contributed by atoms with van der Waals surface area (Å²) >= 11 is 0. The van der Waals surface area contributed by atoms with E-state index in [1.165, 1.54) is 5.69 Å². The van der Waals surface area contributed by atoms with E-state index < -0.39 is 0 Å². The first-order valence-corrected chi connectivity index (χ1v) is 7.81. The summed E-state index contributed by atoms with van der Waals surface area (Å²) in [7, 11) is 0. The summed E-state index contributed by atoms with van der Waals surface area (Å²) in [6, 6.07) is 2.64. The van der Waals surface area contributed by atoms with Crippen LogP contribution < -0.4 is 0 Å². The van der Waals surface area contributed by atoms with Crippen molar-refractivity contribution in [3.63, 3.8) is 0 Å². The summed E-state index contributed by atoms with van der Waals surface area (Å²) in [5.74, 6) is 0.365. The molecule has 3 rings (SSSR count). The predicted molar refractivity (Wildman–Crippen MR) is 77.2 cm³/mol. The molecule has 5 heteroatoms. The van der Waals surface area contributed by atoms with Crippen LogP contribution in [0.1, 0.15) is 44.0 Å². The third-order valence-electron chi connectivity index (χ3n) is 4.55. The van der Waals surface area contributed by atoms with Crippen LogP contribution in [0.15, 0.2) is 6.07 Å². The predicted octanol–water partition coefficient (Wildman–Crippen LogP) is 1.56. The lowest BCUT2D eigenvalue weighted by Gasteiger charge is -2.36. The maximum absolute atomic E-state index is 11.8. The molecule has 1 amide bonds. The molecule has 110 valence electrons. The van der Waals surface area contributed by atoms with Gasteiger partial charge in [0, 0.05) is 44.3 Å². The molecular formula is C15H24N4O. The number of nitrogens with one attached hydrogen (secondary N) is 1. The van der Waals surface area contributed by atoms with Gasteiger partial charge in [-0.1, -0.05) is 6.92 Å². The van der Waals surface area contributed by atoms with Crippen LogP contribution in [0.25, 0.3) is 0 Å². The molecule has 2 saturated heterocycles. The molecule has 20 heavy (non-hydrogen) atoms. The Balaban J connectivity index is 1.49. The van der Waals surface area contributed by atoms with Gasteiger partial charge in [-0.25, -0.2) is 0 Å². The fourth-order valence-corrected chi connectivity index (χ4v) is 3.36. The van der Waals surface area contributed by atoms with E-state index in [4.69, 9.17) is 0 Å². The van der Waals surface area contributed by atoms with Gasteiger partial charge in [-0.05, 0) is 31.7 Å². The third-order valence-corrected chi connectivity index (χ3v) is 4.55. The van der Waals surface area contributed by atoms with Crippen molar-refractivity contribution in [3.8, 4) is 0 Å². The molecule has 5 nitrogen and oxygen atoms in total. The summed E-state index contributed by atoms with van der Waals surface area (Å²) < 4.78 is 0. The minimum absolute atomic E-state index is 0.365. The fourth-order valence-electron chi connectivity index (χ4n) is 3.36. The SMILES string of the molecule is CCc1cc(CN2CCC(N3CCCC3=O)CC2)[nH]n1. The van der Waals surface area contributed by atoms with E-state index in [0.717, 1.165) is 64.0 Å². The molecule has 2 aliphatic heterocycles. The Labute approximate surface area is 120 Å². The van der Waals surface area contributed by atoms with Crippen molar-refractivity contribution in [1.29, 1.82) is 0 Å². The zero-order chi connectivity index (χ0) is 13.9. The van der Waals surface area contributed by atoms with Gasteiger partial charge in [0.05, 0.1) is 5.69 Å². The van der Waals surface area contributed by atoms with Crippen molar-refractivity contribution in [2.24, 2.45) is 0 Å². The molecule has 1 N–H and O–H groups in total. The molecule has 0 radical (unpaired) electrons. The van der Waals surface area contributed by atoms with Crippen molar-refractivity contribution in [2.45, 2.75) is 51.6 Å². The quantitative estimate of drug-likeness (QED) is 0.908. The molecule has 0 aliphatic carbocycles. The average Bonchev–Trinajstić information content (AvgIpc) is 3.09. The lowest BCUT2D eigenvalue weighted by molar-refractivity contribution is -0.130. The molecule has 1 aromatic rings. The van der Waals surface area contributed by atoms with Crippen molar-refractivity contribution < 1.29 is 4.79 Å². The number of hydrogen-bond donors (Lipinski definition) is 1. The minimum Gasteiger partial charge on any atom is -0.340 e. The molecule has 0 spiro atoms. The van der Waals surface area contributed by atoms with Crippen LogP contribution in [0.3, 0.4) is 0 Å². The van der Waals surface area contributed by atoms with E-state index >= 15 is 0 Å². The summed E-state index contributed by atoms with van der Waals surface area (Å²) in [4.78, 5) is 16.4. The van der Waals surface area contributed by atoms with Gasteiger partial charge in [0.2, 0.25) is 5.91 Å². The van der Waals surface area contributed by atoms with Gasteiger partial charge in [-0.15, -0.1) is 0 Å². The Morgan fingerprint density at radius 1 is 1.35 bits per heavy atom. The van der Waals surface area contributed by atoms with Gasteiger partial charge in [0.1, 0.15) is 0 Å². The molecular weight excluding hydrogens is 252 g/mol. The number of aromatic nitrogens is 2. The Morgan fingerprint density at radius 2 is 2.15 bits per heavy atom. The first-order valence-electron chi connectivity index (χ1n) is 7.81. The Bertz CT molecular complexity index is 462. The van der Waals surface area contributed by atoms with E-state index in [1.807, 2.05) is 0 Å². The van der Waals surface area contributed by atoms with E-state index in [9.17, 15) is 4.79 Å². The van der Waals surface area contributed by atoms with Crippen molar-refractivity contribution in [2.75, 3.05) is 19.6 Å². The van der Waals surface area contributed by atoms with Crippen LogP contribution in [0.4, 0.5) is 0 Å². The highest BCUT2D eigenvalue weighted by atomic mass is 16.2. The lowest BCUT2D eigenvalue weighted by Crippen LogP contribution is -2.45. The van der Waals surface area contributed by atoms with Crippen LogP contribution in [0, 0.1) is 0 Å². The number of piperidine rings is 1. The molecule has 1 aromatic heterocycles. The summed E-state index contributed by atoms with van der Waals surface area (Å²) in [5.41, 5.74) is 2.34. The molecule has 0 atom stereocenters. The van der Waals surface area contributed by atoms with Gasteiger partial charge >= 0.3 is 0 Å². The van der Waals surface area contributed by atoms with E-state index in [0.29, 0.717) is 11.9 Å². The molecule has 0 saturated carbocycles. The second-order valence-electron chi connectivity index (χ2n) is 5.94. The highest BCUT2D eigenvalue weighted by molar-refractivity contribution is 5.78. The fraction of sp³-hybridized carbons (Fsp3) is 0.733. The Hall–Kier alpha value is -1.36. The first-order chi connectivity index (χ1) is 9.76. The number of carbonyl (C=O) groups is 1. The van der Waals surface area contributed by atoms with Crippen LogP contribution in [0.2, 0.25) is 0 Å². The monoisotopic (exact) mass is 276 g/mol. The van der Waals surface area contributed by atoms with Gasteiger partial charge in [-0.3, -0.25) is 14.8 Å². The number of H-pyrrole nitrogens is 1. The summed E-state index contributed by atoms with van der Waals surface area (Å²) in [6.45, 7) is 6.21. The number of likely N-dealkylation sites (tertiary alicyclic amines) is 2. The van der Waals surface area contributed by atoms with E-state index in [2.05, 4.69) is 33.0 Å². The largest absolute Gasteiger partial charge is 0.340 e. The maximum Gasteiger partial charge on any atom is 0.222 e. The normalized spacial score (nSPS) is 21.9. The van der Waals surface area contributed by atoms with Crippen LogP contribution in [-0.4, -0.2) is 51.6 Å². The number of nitrogens with zero attached hydrogens (tertiary/aromatic N) is 3. The topological polar surface area (TPSA) is 52.2 Å². The number of aryl methyl sites for hydroxylation is 1. The highest BCUT2D eigenvalue weighted by Crippen LogP contribution is 2.22. The molecule has 2 aliphatic rings. The molecule has 3 heterocycles. The Kier molecular flexibility index (Phi) is 4.05. The van der Waals surface area contributed by atoms with Gasteiger partial charge < -0.3 is 4.90 Å². The van der Waals surface area contributed by atoms with Crippen LogP contribution in [-0.2, 0) is 17.8 Å². The first kappa shape index (κ1) is 13.6. The maximum atomic E-state index is 11.8. The number of aromatic amines is 1. The van der Waals surface area contributed by atoms with Crippen molar-refractivity contribution >= 4 is 5.91 Å². The van der Waals surface area contributed by atoms with Gasteiger partial charge in [0.25, 0.3) is 0 Å². The van der Waals surface area contributed by atoms with Gasteiger partial charge in [-0.2, -0.15) is 5.10 Å². The number of amides is 1. The standard InChI is InChI=1S/C15H24N4O/c1-2-12-10-13(17-16-12)11-18-8-5-14(6-9-18)19-7-3-4-15(19)20/h10,14H,2-9,11H2,1H3,(H,16,17). The summed E-state index contributed by atoms with van der Waals surface area (Å²) in [5, 5.41) is 7.40. The smallest absolute Gasteiger partial charge is 0.222 e. The minimum atomic E-state index is 0.365. The zero-order valence-electron chi connectivity index (χ0n) is 12.3. The Morgan fingerprint density at radius 3 is 2.75 bits per heavy atom. The molecule has 0 aromatic carbocycles. The molecule has 0 unspecified atom stereocenters. The highest BCUT2D eigenvalue weighted by Gasteiger charge is 2.30. The van der Waals surface area contributed by atoms with E-state index in [1.54, 1.807) is 0 Å². The third kappa shape index (κ3) is 2.87. The molecule has 0 bridgehead atoms. The number of hydrogen-bond acceptors (Lipinski definition) is 3. The number of rotatable bonds is 4.